The molecule has 3 atom stereocenters. The summed E-state index contributed by atoms with van der Waals surface area (Å²) in [5.41, 5.74) is 2.98. The molecule has 1 rings (SSSR count). The van der Waals surface area contributed by atoms with E-state index in [0.29, 0.717) is 11.8 Å². The van der Waals surface area contributed by atoms with Crippen LogP contribution in [0.3, 0.4) is 0 Å². The predicted octanol–water partition coefficient (Wildman–Crippen LogP) is 2.09. The van der Waals surface area contributed by atoms with Gasteiger partial charge >= 0.3 is 0 Å². The maximum atomic E-state index is 5.76. The first-order valence-electron chi connectivity index (χ1n) is 7.22. The maximum Gasteiger partial charge on any atom is 0.0768 e. The van der Waals surface area contributed by atoms with E-state index in [0.717, 1.165) is 13.0 Å². The lowest BCUT2D eigenvalue weighted by atomic mass is 9.79. The van der Waals surface area contributed by atoms with Crippen molar-refractivity contribution in [1.29, 1.82) is 0 Å². The van der Waals surface area contributed by atoms with Gasteiger partial charge in [-0.25, -0.2) is 0 Å². The Morgan fingerprint density at radius 3 is 2.39 bits per heavy atom. The fourth-order valence-electron chi connectivity index (χ4n) is 3.16. The molecule has 4 nitrogen and oxygen atoms in total. The van der Waals surface area contributed by atoms with Crippen molar-refractivity contribution in [3.63, 3.8) is 0 Å². The third-order valence-corrected chi connectivity index (χ3v) is 4.32. The third-order valence-electron chi connectivity index (χ3n) is 4.32. The normalized spacial score (nSPS) is 22.7. The molecule has 4 heteroatoms. The van der Waals surface area contributed by atoms with Crippen molar-refractivity contribution < 1.29 is 9.47 Å². The minimum atomic E-state index is 0.216. The average Bonchev–Trinajstić information content (AvgIpc) is 2.42. The third kappa shape index (κ3) is 4.50. The first-order chi connectivity index (χ1) is 8.74. The molecule has 18 heavy (non-hydrogen) atoms. The molecule has 0 aliphatic heterocycles. The van der Waals surface area contributed by atoms with Gasteiger partial charge in [-0.2, -0.15) is 0 Å². The van der Waals surface area contributed by atoms with Gasteiger partial charge in [0.25, 0.3) is 0 Å². The number of hydrogen-bond donors (Lipinski definition) is 2. The van der Waals surface area contributed by atoms with Crippen LogP contribution in [0.25, 0.3) is 0 Å². The number of hydrazine groups is 1. The zero-order valence-electron chi connectivity index (χ0n) is 12.2. The van der Waals surface area contributed by atoms with Crippen molar-refractivity contribution in [3.8, 4) is 0 Å². The lowest BCUT2D eigenvalue weighted by Crippen LogP contribution is -2.52. The van der Waals surface area contributed by atoms with Gasteiger partial charge in [0, 0.05) is 20.8 Å². The molecule has 1 aliphatic rings. The van der Waals surface area contributed by atoms with E-state index in [-0.39, 0.29) is 12.1 Å². The molecule has 0 heterocycles. The van der Waals surface area contributed by atoms with E-state index in [1.165, 1.54) is 32.1 Å². The highest BCUT2D eigenvalue weighted by Crippen LogP contribution is 2.31. The van der Waals surface area contributed by atoms with Gasteiger partial charge in [-0.1, -0.05) is 26.2 Å². The van der Waals surface area contributed by atoms with E-state index in [4.69, 9.17) is 15.3 Å². The van der Waals surface area contributed by atoms with E-state index in [2.05, 4.69) is 12.3 Å². The predicted molar refractivity (Wildman–Crippen MR) is 74.1 cm³/mol. The van der Waals surface area contributed by atoms with Gasteiger partial charge in [0.2, 0.25) is 0 Å². The summed E-state index contributed by atoms with van der Waals surface area (Å²) in [6, 6.07) is 0.216. The Morgan fingerprint density at radius 1 is 1.22 bits per heavy atom. The molecule has 0 spiro atoms. The van der Waals surface area contributed by atoms with Crippen LogP contribution in [0, 0.1) is 11.8 Å². The Morgan fingerprint density at radius 2 is 1.89 bits per heavy atom. The molecule has 1 aliphatic carbocycles. The van der Waals surface area contributed by atoms with Crippen LogP contribution in [0.5, 0.6) is 0 Å². The fourth-order valence-corrected chi connectivity index (χ4v) is 3.16. The summed E-state index contributed by atoms with van der Waals surface area (Å²) in [6.07, 6.45) is 7.80. The van der Waals surface area contributed by atoms with Crippen LogP contribution in [0.2, 0.25) is 0 Å². The van der Waals surface area contributed by atoms with E-state index < -0.39 is 0 Å². The number of methoxy groups -OCH3 is 2. The Kier molecular flexibility index (Phi) is 7.82. The minimum Gasteiger partial charge on any atom is -0.385 e. The highest BCUT2D eigenvalue weighted by Gasteiger charge is 2.33. The lowest BCUT2D eigenvalue weighted by molar-refractivity contribution is -0.00940. The number of hydrogen-bond acceptors (Lipinski definition) is 4. The van der Waals surface area contributed by atoms with Crippen LogP contribution < -0.4 is 11.3 Å². The average molecular weight is 258 g/mol. The van der Waals surface area contributed by atoms with Gasteiger partial charge in [0.05, 0.1) is 12.1 Å². The largest absolute Gasteiger partial charge is 0.385 e. The van der Waals surface area contributed by atoms with Gasteiger partial charge < -0.3 is 9.47 Å². The van der Waals surface area contributed by atoms with E-state index in [1.54, 1.807) is 7.11 Å². The molecule has 1 fully saturated rings. The number of nitrogens with one attached hydrogen (secondary N) is 1. The Labute approximate surface area is 112 Å². The van der Waals surface area contributed by atoms with Gasteiger partial charge in [0.1, 0.15) is 0 Å². The van der Waals surface area contributed by atoms with Crippen molar-refractivity contribution in [1.82, 2.24) is 5.43 Å². The van der Waals surface area contributed by atoms with E-state index in [1.807, 2.05) is 7.11 Å². The highest BCUT2D eigenvalue weighted by molar-refractivity contribution is 4.86. The summed E-state index contributed by atoms with van der Waals surface area (Å²) in [5, 5.41) is 0. The minimum absolute atomic E-state index is 0.216. The molecule has 3 N–H and O–H groups in total. The number of rotatable bonds is 8. The zero-order valence-corrected chi connectivity index (χ0v) is 12.2. The summed E-state index contributed by atoms with van der Waals surface area (Å²) in [6.45, 7) is 3.00. The van der Waals surface area contributed by atoms with Crippen molar-refractivity contribution in [2.75, 3.05) is 20.8 Å². The van der Waals surface area contributed by atoms with Crippen LogP contribution >= 0.6 is 0 Å². The summed E-state index contributed by atoms with van der Waals surface area (Å²) < 4.78 is 10.9. The Bertz CT molecular complexity index is 208. The standard InChI is InChI=1S/C14H30N2O2/c1-11(9-10-17-2)13(16-15)14(18-3)12-7-5-4-6-8-12/h11-14,16H,4-10,15H2,1-3H3. The molecular formula is C14H30N2O2. The smallest absolute Gasteiger partial charge is 0.0768 e. The monoisotopic (exact) mass is 258 g/mol. The van der Waals surface area contributed by atoms with Crippen molar-refractivity contribution >= 4 is 0 Å². The first kappa shape index (κ1) is 15.9. The van der Waals surface area contributed by atoms with Crippen LogP contribution in [0.4, 0.5) is 0 Å². The van der Waals surface area contributed by atoms with Crippen LogP contribution in [0.1, 0.15) is 45.4 Å². The van der Waals surface area contributed by atoms with Gasteiger partial charge in [-0.05, 0) is 31.1 Å². The second-order valence-electron chi connectivity index (χ2n) is 5.55. The summed E-state index contributed by atoms with van der Waals surface area (Å²) in [4.78, 5) is 0. The first-order valence-corrected chi connectivity index (χ1v) is 7.22. The molecule has 1 saturated carbocycles. The molecule has 0 amide bonds. The highest BCUT2D eigenvalue weighted by atomic mass is 16.5. The molecule has 0 aromatic carbocycles. The van der Waals surface area contributed by atoms with E-state index >= 15 is 0 Å². The van der Waals surface area contributed by atoms with Crippen LogP contribution in [0.15, 0.2) is 0 Å². The second kappa shape index (κ2) is 8.86. The van der Waals surface area contributed by atoms with Crippen molar-refractivity contribution in [3.05, 3.63) is 0 Å². The van der Waals surface area contributed by atoms with Gasteiger partial charge in [0.15, 0.2) is 0 Å². The van der Waals surface area contributed by atoms with Crippen LogP contribution in [-0.2, 0) is 9.47 Å². The summed E-state index contributed by atoms with van der Waals surface area (Å²) in [5.74, 6) is 6.87. The maximum absolute atomic E-state index is 5.76. The van der Waals surface area contributed by atoms with Crippen LogP contribution in [-0.4, -0.2) is 33.0 Å². The topological polar surface area (TPSA) is 56.5 Å². The fraction of sp³-hybridized carbons (Fsp3) is 1.00. The zero-order chi connectivity index (χ0) is 13.4. The SMILES string of the molecule is COCCC(C)C(NN)C(OC)C1CCCCC1. The van der Waals surface area contributed by atoms with Crippen molar-refractivity contribution in [2.45, 2.75) is 57.6 Å². The lowest BCUT2D eigenvalue weighted by Gasteiger charge is -2.37. The quantitative estimate of drug-likeness (QED) is 0.517. The van der Waals surface area contributed by atoms with Gasteiger partial charge in [-0.3, -0.25) is 11.3 Å². The summed E-state index contributed by atoms with van der Waals surface area (Å²) in [7, 11) is 3.55. The Balaban J connectivity index is 2.57. The number of ether oxygens (including phenoxy) is 2. The van der Waals surface area contributed by atoms with Crippen molar-refractivity contribution in [2.24, 2.45) is 17.7 Å². The molecule has 0 aromatic rings. The van der Waals surface area contributed by atoms with E-state index in [9.17, 15) is 0 Å². The Hall–Kier alpha value is -0.160. The molecule has 108 valence electrons. The molecular weight excluding hydrogens is 228 g/mol. The second-order valence-corrected chi connectivity index (χ2v) is 5.55. The van der Waals surface area contributed by atoms with Gasteiger partial charge in [-0.15, -0.1) is 0 Å². The molecule has 0 saturated heterocycles. The molecule has 0 radical (unpaired) electrons. The molecule has 0 bridgehead atoms. The molecule has 3 unspecified atom stereocenters. The molecule has 0 aromatic heterocycles. The number of nitrogens with two attached hydrogens (primary N) is 1. The summed E-state index contributed by atoms with van der Waals surface area (Å²) >= 11 is 0.